The van der Waals surface area contributed by atoms with Gasteiger partial charge in [-0.25, -0.2) is 0 Å². The Morgan fingerprint density at radius 3 is 2.14 bits per heavy atom. The van der Waals surface area contributed by atoms with E-state index in [9.17, 15) is 4.79 Å². The van der Waals surface area contributed by atoms with Crippen LogP contribution in [0.3, 0.4) is 0 Å². The highest BCUT2D eigenvalue weighted by Crippen LogP contribution is 1.58. The molecule has 0 aromatic rings. The first-order chi connectivity index (χ1) is 3.18. The lowest BCUT2D eigenvalue weighted by Crippen LogP contribution is -2.45. The van der Waals surface area contributed by atoms with Gasteiger partial charge in [-0.1, -0.05) is 0 Å². The first-order valence-corrected chi connectivity index (χ1v) is 1.91. The molecule has 0 radical (unpaired) electrons. The van der Waals surface area contributed by atoms with E-state index in [2.05, 4.69) is 5.32 Å². The maximum atomic E-state index is 10.2. The van der Waals surface area contributed by atoms with Gasteiger partial charge in [-0.2, -0.15) is 0 Å². The van der Waals surface area contributed by atoms with Crippen molar-refractivity contribution in [1.82, 2.24) is 5.32 Å². The molecule has 0 rings (SSSR count). The second-order valence-electron chi connectivity index (χ2n) is 1.14. The van der Waals surface area contributed by atoms with Gasteiger partial charge < -0.3 is 16.8 Å². The SMILES string of the molecule is CNC(=O)C(N)N. The highest BCUT2D eigenvalue weighted by Gasteiger charge is 2.01. The Kier molecular flexibility index (Phi) is 2.32. The fraction of sp³-hybridized carbons (Fsp3) is 0.667. The summed E-state index contributed by atoms with van der Waals surface area (Å²) in [6, 6.07) is 0. The molecule has 0 heterocycles. The van der Waals surface area contributed by atoms with Crippen molar-refractivity contribution in [3.8, 4) is 0 Å². The first-order valence-electron chi connectivity index (χ1n) is 1.91. The largest absolute Gasteiger partial charge is 0.357 e. The molecule has 5 N–H and O–H groups in total. The van der Waals surface area contributed by atoms with Crippen LogP contribution in [0.1, 0.15) is 0 Å². The lowest BCUT2D eigenvalue weighted by molar-refractivity contribution is -0.121. The summed E-state index contributed by atoms with van der Waals surface area (Å²) < 4.78 is 0. The molecule has 0 unspecified atom stereocenters. The Hall–Kier alpha value is -0.610. The summed E-state index contributed by atoms with van der Waals surface area (Å²) in [5.41, 5.74) is 9.82. The van der Waals surface area contributed by atoms with Crippen LogP contribution in [-0.4, -0.2) is 19.1 Å². The number of likely N-dealkylation sites (N-methyl/N-ethyl adjacent to an activating group) is 1. The van der Waals surface area contributed by atoms with E-state index in [1.54, 1.807) is 0 Å². The van der Waals surface area contributed by atoms with Gasteiger partial charge in [0.25, 0.3) is 5.91 Å². The van der Waals surface area contributed by atoms with Crippen molar-refractivity contribution >= 4 is 5.91 Å². The molecule has 0 aliphatic heterocycles. The molecule has 1 amide bonds. The normalized spacial score (nSPS) is 9.14. The van der Waals surface area contributed by atoms with Crippen molar-refractivity contribution in [2.45, 2.75) is 6.17 Å². The van der Waals surface area contributed by atoms with E-state index in [4.69, 9.17) is 11.5 Å². The van der Waals surface area contributed by atoms with Crippen LogP contribution in [0.4, 0.5) is 0 Å². The zero-order valence-electron chi connectivity index (χ0n) is 4.14. The molecule has 0 saturated heterocycles. The van der Waals surface area contributed by atoms with Crippen LogP contribution in [0.2, 0.25) is 0 Å². The minimum absolute atomic E-state index is 0.347. The zero-order chi connectivity index (χ0) is 5.86. The minimum atomic E-state index is -0.884. The summed E-state index contributed by atoms with van der Waals surface area (Å²) in [5.74, 6) is -0.347. The first kappa shape index (κ1) is 6.39. The van der Waals surface area contributed by atoms with Crippen molar-refractivity contribution in [1.29, 1.82) is 0 Å². The standard InChI is InChI=1S/C3H9N3O/c1-6-3(7)2(4)5/h2H,4-5H2,1H3,(H,6,7). The van der Waals surface area contributed by atoms with Crippen LogP contribution in [0, 0.1) is 0 Å². The van der Waals surface area contributed by atoms with Crippen molar-refractivity contribution in [2.24, 2.45) is 11.5 Å². The zero-order valence-corrected chi connectivity index (χ0v) is 4.14. The number of hydrogen-bond donors (Lipinski definition) is 3. The van der Waals surface area contributed by atoms with Crippen molar-refractivity contribution in [2.75, 3.05) is 7.05 Å². The number of carbonyl (C=O) groups excluding carboxylic acids is 1. The summed E-state index contributed by atoms with van der Waals surface area (Å²) in [6.07, 6.45) is -0.884. The molecular formula is C3H9N3O. The van der Waals surface area contributed by atoms with Crippen LogP contribution in [0.15, 0.2) is 0 Å². The summed E-state index contributed by atoms with van der Waals surface area (Å²) in [4.78, 5) is 10.2. The van der Waals surface area contributed by atoms with E-state index in [0.29, 0.717) is 0 Å². The molecule has 0 atom stereocenters. The average molecular weight is 103 g/mol. The van der Waals surface area contributed by atoms with Gasteiger partial charge in [0.05, 0.1) is 0 Å². The second kappa shape index (κ2) is 2.54. The number of amides is 1. The quantitative estimate of drug-likeness (QED) is 0.335. The number of nitrogens with one attached hydrogen (secondary N) is 1. The molecule has 0 aromatic heterocycles. The third-order valence-corrected chi connectivity index (χ3v) is 0.549. The van der Waals surface area contributed by atoms with Gasteiger partial charge in [-0.15, -0.1) is 0 Å². The molecule has 0 spiro atoms. The Morgan fingerprint density at radius 1 is 1.71 bits per heavy atom. The van der Waals surface area contributed by atoms with E-state index in [-0.39, 0.29) is 5.91 Å². The fourth-order valence-corrected chi connectivity index (χ4v) is 0.167. The predicted molar refractivity (Wildman–Crippen MR) is 26.2 cm³/mol. The van der Waals surface area contributed by atoms with E-state index in [1.165, 1.54) is 7.05 Å². The van der Waals surface area contributed by atoms with Crippen LogP contribution < -0.4 is 16.8 Å². The van der Waals surface area contributed by atoms with Gasteiger partial charge in [0.2, 0.25) is 0 Å². The number of nitrogens with two attached hydrogens (primary N) is 2. The van der Waals surface area contributed by atoms with E-state index >= 15 is 0 Å². The average Bonchev–Trinajstić information content (AvgIpc) is 1.65. The topological polar surface area (TPSA) is 81.1 Å². The molecule has 0 aliphatic rings. The molecule has 4 nitrogen and oxygen atoms in total. The van der Waals surface area contributed by atoms with Gasteiger partial charge >= 0.3 is 0 Å². The summed E-state index contributed by atoms with van der Waals surface area (Å²) in [5, 5.41) is 2.28. The van der Waals surface area contributed by atoms with Crippen LogP contribution in [0.5, 0.6) is 0 Å². The van der Waals surface area contributed by atoms with Gasteiger partial charge in [0, 0.05) is 7.05 Å². The number of carbonyl (C=O) groups is 1. The Balaban J connectivity index is 3.35. The molecule has 0 saturated carbocycles. The van der Waals surface area contributed by atoms with Crippen molar-refractivity contribution in [3.63, 3.8) is 0 Å². The highest BCUT2D eigenvalue weighted by molar-refractivity contribution is 5.80. The van der Waals surface area contributed by atoms with Gasteiger partial charge in [-0.3, -0.25) is 4.79 Å². The van der Waals surface area contributed by atoms with Crippen LogP contribution in [0.25, 0.3) is 0 Å². The van der Waals surface area contributed by atoms with Crippen molar-refractivity contribution in [3.05, 3.63) is 0 Å². The van der Waals surface area contributed by atoms with Gasteiger partial charge in [-0.05, 0) is 0 Å². The summed E-state index contributed by atoms with van der Waals surface area (Å²) in [7, 11) is 1.48. The minimum Gasteiger partial charge on any atom is -0.357 e. The monoisotopic (exact) mass is 103 g/mol. The third kappa shape index (κ3) is 2.13. The summed E-state index contributed by atoms with van der Waals surface area (Å²) >= 11 is 0. The molecule has 7 heavy (non-hydrogen) atoms. The molecule has 4 heteroatoms. The lowest BCUT2D eigenvalue weighted by Gasteiger charge is -1.99. The van der Waals surface area contributed by atoms with Crippen molar-refractivity contribution < 1.29 is 4.79 Å². The van der Waals surface area contributed by atoms with Crippen LogP contribution >= 0.6 is 0 Å². The Morgan fingerprint density at radius 2 is 2.14 bits per heavy atom. The maximum Gasteiger partial charge on any atom is 0.251 e. The smallest absolute Gasteiger partial charge is 0.251 e. The van der Waals surface area contributed by atoms with E-state index < -0.39 is 6.17 Å². The Labute approximate surface area is 41.9 Å². The number of rotatable bonds is 1. The Bertz CT molecular complexity index is 70.6. The highest BCUT2D eigenvalue weighted by atomic mass is 16.2. The van der Waals surface area contributed by atoms with Gasteiger partial charge in [0.15, 0.2) is 0 Å². The summed E-state index contributed by atoms with van der Waals surface area (Å²) in [6.45, 7) is 0. The van der Waals surface area contributed by atoms with E-state index in [0.717, 1.165) is 0 Å². The third-order valence-electron chi connectivity index (χ3n) is 0.549. The number of hydrogen-bond acceptors (Lipinski definition) is 3. The molecule has 0 aliphatic carbocycles. The maximum absolute atomic E-state index is 10.2. The lowest BCUT2D eigenvalue weighted by atomic mass is 10.5. The molecule has 0 fully saturated rings. The molecule has 42 valence electrons. The fourth-order valence-electron chi connectivity index (χ4n) is 0.167. The van der Waals surface area contributed by atoms with E-state index in [1.807, 2.05) is 0 Å². The van der Waals surface area contributed by atoms with Gasteiger partial charge in [0.1, 0.15) is 6.17 Å². The second-order valence-corrected chi connectivity index (χ2v) is 1.14. The molecule has 0 aromatic carbocycles. The van der Waals surface area contributed by atoms with Crippen LogP contribution in [-0.2, 0) is 4.79 Å². The molecular weight excluding hydrogens is 94.1 g/mol. The molecule has 0 bridgehead atoms. The predicted octanol–water partition coefficient (Wildman–Crippen LogP) is -2.02.